The van der Waals surface area contributed by atoms with Gasteiger partial charge in [0.15, 0.2) is 0 Å². The lowest BCUT2D eigenvalue weighted by Crippen LogP contribution is -2.27. The minimum atomic E-state index is -0.0294. The highest BCUT2D eigenvalue weighted by atomic mass is 16.1. The molecule has 0 aliphatic carbocycles. The number of nitrogens with one attached hydrogen (secondary N) is 1. The Hall–Kier alpha value is -2.17. The monoisotopic (exact) mass is 258 g/mol. The fraction of sp³-hybridized carbons (Fsp3) is 0.357. The summed E-state index contributed by atoms with van der Waals surface area (Å²) in [6.07, 6.45) is 5.78. The third-order valence-corrected chi connectivity index (χ3v) is 2.94. The molecule has 0 aromatic carbocycles. The van der Waals surface area contributed by atoms with E-state index in [2.05, 4.69) is 15.4 Å². The van der Waals surface area contributed by atoms with E-state index >= 15 is 0 Å². The van der Waals surface area contributed by atoms with Crippen LogP contribution < -0.4 is 5.32 Å². The molecule has 0 aliphatic rings. The Morgan fingerprint density at radius 3 is 2.95 bits per heavy atom. The molecule has 0 radical (unpaired) electrons. The van der Waals surface area contributed by atoms with Crippen LogP contribution in [0.4, 0.5) is 0 Å². The predicted molar refractivity (Wildman–Crippen MR) is 72.4 cm³/mol. The number of carbonyl (C=O) groups excluding carboxylic acids is 1. The summed E-state index contributed by atoms with van der Waals surface area (Å²) >= 11 is 0. The minimum Gasteiger partial charge on any atom is -0.349 e. The molecular formula is C14H18N4O. The average molecular weight is 258 g/mol. The van der Waals surface area contributed by atoms with E-state index in [1.165, 1.54) is 0 Å². The molecule has 0 spiro atoms. The van der Waals surface area contributed by atoms with E-state index in [0.29, 0.717) is 13.0 Å². The van der Waals surface area contributed by atoms with Crippen LogP contribution in [0.2, 0.25) is 0 Å². The van der Waals surface area contributed by atoms with Crippen molar-refractivity contribution in [1.29, 1.82) is 0 Å². The second-order valence-electron chi connectivity index (χ2n) is 4.54. The molecule has 0 saturated heterocycles. The van der Waals surface area contributed by atoms with Crippen molar-refractivity contribution in [3.8, 4) is 0 Å². The van der Waals surface area contributed by atoms with Crippen LogP contribution >= 0.6 is 0 Å². The minimum absolute atomic E-state index is 0.0172. The molecule has 2 rings (SSSR count). The average Bonchev–Trinajstić information content (AvgIpc) is 2.90. The second kappa shape index (κ2) is 6.13. The number of amides is 1. The van der Waals surface area contributed by atoms with Gasteiger partial charge in [-0.15, -0.1) is 0 Å². The largest absolute Gasteiger partial charge is 0.349 e. The molecule has 19 heavy (non-hydrogen) atoms. The van der Waals surface area contributed by atoms with Crippen LogP contribution in [0.15, 0.2) is 36.8 Å². The second-order valence-corrected chi connectivity index (χ2v) is 4.54. The lowest BCUT2D eigenvalue weighted by atomic mass is 10.1. The Bertz CT molecular complexity index is 519. The van der Waals surface area contributed by atoms with E-state index < -0.39 is 0 Å². The standard InChI is InChI=1S/C14H18N4O/c1-11-4-5-13(10-15-11)12(2)17-14(19)6-9-18-8-3-7-16-18/h3-5,7-8,10,12H,6,9H2,1-2H3,(H,17,19). The first kappa shape index (κ1) is 13.3. The Morgan fingerprint density at radius 1 is 1.47 bits per heavy atom. The number of aryl methyl sites for hydroxylation is 2. The molecule has 1 unspecified atom stereocenters. The topological polar surface area (TPSA) is 59.8 Å². The summed E-state index contributed by atoms with van der Waals surface area (Å²) in [6, 6.07) is 5.75. The summed E-state index contributed by atoms with van der Waals surface area (Å²) in [6.45, 7) is 4.49. The van der Waals surface area contributed by atoms with Crippen LogP contribution in [0.1, 0.15) is 30.6 Å². The molecule has 1 amide bonds. The molecule has 2 aromatic heterocycles. The highest BCUT2D eigenvalue weighted by Gasteiger charge is 2.09. The highest BCUT2D eigenvalue weighted by molar-refractivity contribution is 5.76. The van der Waals surface area contributed by atoms with Gasteiger partial charge in [0, 0.05) is 37.3 Å². The SMILES string of the molecule is Cc1ccc(C(C)NC(=O)CCn2cccn2)cn1. The number of nitrogens with zero attached hydrogens (tertiary/aromatic N) is 3. The molecule has 0 aliphatic heterocycles. The van der Waals surface area contributed by atoms with Crippen LogP contribution in [0.5, 0.6) is 0 Å². The lowest BCUT2D eigenvalue weighted by Gasteiger charge is -2.14. The van der Waals surface area contributed by atoms with Crippen LogP contribution in [0.25, 0.3) is 0 Å². The van der Waals surface area contributed by atoms with Crippen LogP contribution in [0, 0.1) is 6.92 Å². The Balaban J connectivity index is 1.83. The van der Waals surface area contributed by atoms with Gasteiger partial charge in [-0.3, -0.25) is 14.5 Å². The van der Waals surface area contributed by atoms with E-state index in [1.54, 1.807) is 17.1 Å². The van der Waals surface area contributed by atoms with Gasteiger partial charge < -0.3 is 5.32 Å². The number of rotatable bonds is 5. The summed E-state index contributed by atoms with van der Waals surface area (Å²) < 4.78 is 1.75. The predicted octanol–water partition coefficient (Wildman–Crippen LogP) is 1.85. The lowest BCUT2D eigenvalue weighted by molar-refractivity contribution is -0.122. The Kier molecular flexibility index (Phi) is 4.28. The van der Waals surface area contributed by atoms with Crippen molar-refractivity contribution in [3.05, 3.63) is 48.0 Å². The third kappa shape index (κ3) is 3.91. The molecule has 0 bridgehead atoms. The molecule has 2 aromatic rings. The van der Waals surface area contributed by atoms with Gasteiger partial charge in [-0.1, -0.05) is 6.07 Å². The van der Waals surface area contributed by atoms with Gasteiger partial charge >= 0.3 is 0 Å². The summed E-state index contributed by atoms with van der Waals surface area (Å²) in [7, 11) is 0. The summed E-state index contributed by atoms with van der Waals surface area (Å²) in [5, 5.41) is 7.02. The van der Waals surface area contributed by atoms with Gasteiger partial charge in [0.25, 0.3) is 0 Å². The van der Waals surface area contributed by atoms with E-state index in [9.17, 15) is 4.79 Å². The van der Waals surface area contributed by atoms with Crippen LogP contribution in [0.3, 0.4) is 0 Å². The van der Waals surface area contributed by atoms with Gasteiger partial charge in [0.1, 0.15) is 0 Å². The Morgan fingerprint density at radius 2 is 2.32 bits per heavy atom. The molecule has 1 N–H and O–H groups in total. The van der Waals surface area contributed by atoms with E-state index in [0.717, 1.165) is 11.3 Å². The van der Waals surface area contributed by atoms with Crippen molar-refractivity contribution in [2.24, 2.45) is 0 Å². The number of carbonyl (C=O) groups is 1. The zero-order chi connectivity index (χ0) is 13.7. The maximum absolute atomic E-state index is 11.8. The van der Waals surface area contributed by atoms with Crippen molar-refractivity contribution in [3.63, 3.8) is 0 Å². The molecule has 1 atom stereocenters. The van der Waals surface area contributed by atoms with E-state index in [-0.39, 0.29) is 11.9 Å². The Labute approximate surface area is 112 Å². The van der Waals surface area contributed by atoms with Crippen molar-refractivity contribution in [2.45, 2.75) is 32.9 Å². The molecule has 2 heterocycles. The normalized spacial score (nSPS) is 12.1. The zero-order valence-electron chi connectivity index (χ0n) is 11.2. The highest BCUT2D eigenvalue weighted by Crippen LogP contribution is 2.11. The first-order valence-corrected chi connectivity index (χ1v) is 6.34. The van der Waals surface area contributed by atoms with E-state index in [4.69, 9.17) is 0 Å². The number of aromatic nitrogens is 3. The molecule has 0 fully saturated rings. The molecule has 5 heteroatoms. The van der Waals surface area contributed by atoms with Gasteiger partial charge in [0.2, 0.25) is 5.91 Å². The summed E-state index contributed by atoms with van der Waals surface area (Å²) in [4.78, 5) is 16.0. The summed E-state index contributed by atoms with van der Waals surface area (Å²) in [5.41, 5.74) is 1.99. The fourth-order valence-electron chi connectivity index (χ4n) is 1.78. The van der Waals surface area contributed by atoms with Crippen LogP contribution in [-0.4, -0.2) is 20.7 Å². The first-order valence-electron chi connectivity index (χ1n) is 6.34. The zero-order valence-corrected chi connectivity index (χ0v) is 11.2. The third-order valence-electron chi connectivity index (χ3n) is 2.94. The number of hydrogen-bond donors (Lipinski definition) is 1. The summed E-state index contributed by atoms with van der Waals surface area (Å²) in [5.74, 6) is 0.0172. The van der Waals surface area contributed by atoms with Gasteiger partial charge in [-0.05, 0) is 31.5 Å². The van der Waals surface area contributed by atoms with Gasteiger partial charge in [0.05, 0.1) is 6.04 Å². The van der Waals surface area contributed by atoms with Gasteiger partial charge in [-0.2, -0.15) is 5.10 Å². The number of pyridine rings is 1. The maximum Gasteiger partial charge on any atom is 0.222 e. The maximum atomic E-state index is 11.8. The van der Waals surface area contributed by atoms with Crippen molar-refractivity contribution < 1.29 is 4.79 Å². The smallest absolute Gasteiger partial charge is 0.222 e. The first-order chi connectivity index (χ1) is 9.15. The number of hydrogen-bond acceptors (Lipinski definition) is 3. The molecular weight excluding hydrogens is 240 g/mol. The fourth-order valence-corrected chi connectivity index (χ4v) is 1.78. The molecule has 0 saturated carbocycles. The van der Waals surface area contributed by atoms with Crippen molar-refractivity contribution in [1.82, 2.24) is 20.1 Å². The van der Waals surface area contributed by atoms with E-state index in [1.807, 2.05) is 38.2 Å². The quantitative estimate of drug-likeness (QED) is 0.890. The van der Waals surface area contributed by atoms with Crippen LogP contribution in [-0.2, 0) is 11.3 Å². The van der Waals surface area contributed by atoms with Crippen molar-refractivity contribution in [2.75, 3.05) is 0 Å². The molecule has 100 valence electrons. The van der Waals surface area contributed by atoms with Gasteiger partial charge in [-0.25, -0.2) is 0 Å². The molecule has 5 nitrogen and oxygen atoms in total. The van der Waals surface area contributed by atoms with Crippen molar-refractivity contribution >= 4 is 5.91 Å².